The second-order valence-electron chi connectivity index (χ2n) is 6.49. The number of nitrogens with one attached hydrogen (secondary N) is 2. The predicted octanol–water partition coefficient (Wildman–Crippen LogP) is 3.92. The Balaban J connectivity index is 0.00000480. The molecule has 0 fully saturated rings. The summed E-state index contributed by atoms with van der Waals surface area (Å²) in [4.78, 5) is 17.9. The number of benzene rings is 2. The van der Waals surface area contributed by atoms with Crippen molar-refractivity contribution in [3.05, 3.63) is 65.7 Å². The fraction of sp³-hybridized carbons (Fsp3) is 0.333. The highest BCUT2D eigenvalue weighted by atomic mass is 127. The number of carbonyl (C=O) groups is 1. The van der Waals surface area contributed by atoms with Gasteiger partial charge in [-0.25, -0.2) is 0 Å². The first-order valence-corrected chi connectivity index (χ1v) is 9.34. The zero-order chi connectivity index (χ0) is 22.0. The van der Waals surface area contributed by atoms with E-state index in [0.717, 1.165) is 5.56 Å². The predicted molar refractivity (Wildman–Crippen MR) is 124 cm³/mol. The van der Waals surface area contributed by atoms with E-state index in [1.807, 2.05) is 30.3 Å². The maximum absolute atomic E-state index is 12.5. The molecule has 31 heavy (non-hydrogen) atoms. The number of aliphatic imine (C=N–C) groups is 1. The van der Waals surface area contributed by atoms with Crippen LogP contribution in [-0.4, -0.2) is 43.8 Å². The Kier molecular flexibility index (Phi) is 11.2. The van der Waals surface area contributed by atoms with E-state index in [1.54, 1.807) is 18.0 Å². The molecule has 0 saturated carbocycles. The molecule has 0 bridgehead atoms. The first-order chi connectivity index (χ1) is 14.3. The molecule has 6 nitrogen and oxygen atoms in total. The van der Waals surface area contributed by atoms with Gasteiger partial charge in [0.15, 0.2) is 5.96 Å². The van der Waals surface area contributed by atoms with E-state index in [-0.39, 0.29) is 48.6 Å². The third-order valence-corrected chi connectivity index (χ3v) is 4.19. The Bertz CT molecular complexity index is 848. The van der Waals surface area contributed by atoms with Gasteiger partial charge in [-0.3, -0.25) is 9.79 Å². The van der Waals surface area contributed by atoms with Gasteiger partial charge in [-0.1, -0.05) is 48.5 Å². The topological polar surface area (TPSA) is 66.0 Å². The van der Waals surface area contributed by atoms with Crippen molar-refractivity contribution >= 4 is 35.8 Å². The Morgan fingerprint density at radius 3 is 2.35 bits per heavy atom. The van der Waals surface area contributed by atoms with Crippen LogP contribution < -0.4 is 15.4 Å². The monoisotopic (exact) mass is 550 g/mol. The Hall–Kier alpha value is -2.50. The lowest BCUT2D eigenvalue weighted by Gasteiger charge is -2.18. The second-order valence-corrected chi connectivity index (χ2v) is 6.49. The number of halogens is 4. The summed E-state index contributed by atoms with van der Waals surface area (Å²) in [5, 5.41) is 5.91. The number of hydrogen-bond acceptors (Lipinski definition) is 3. The molecule has 0 saturated heterocycles. The molecular formula is C21H26F3IN4O2. The van der Waals surface area contributed by atoms with Gasteiger partial charge >= 0.3 is 6.36 Å². The van der Waals surface area contributed by atoms with Gasteiger partial charge in [-0.15, -0.1) is 37.1 Å². The van der Waals surface area contributed by atoms with Crippen molar-refractivity contribution in [2.75, 3.05) is 20.6 Å². The first kappa shape index (κ1) is 26.5. The molecule has 0 aliphatic heterocycles. The van der Waals surface area contributed by atoms with Gasteiger partial charge in [-0.2, -0.15) is 0 Å². The summed E-state index contributed by atoms with van der Waals surface area (Å²) in [7, 11) is 3.27. The summed E-state index contributed by atoms with van der Waals surface area (Å²) >= 11 is 0. The van der Waals surface area contributed by atoms with Crippen LogP contribution in [0.4, 0.5) is 13.2 Å². The number of alkyl halides is 3. The molecule has 170 valence electrons. The van der Waals surface area contributed by atoms with E-state index in [9.17, 15) is 18.0 Å². The SMILES string of the molecule is CN=C(NCCC(=O)N(C)Cc1ccccc1)NCc1ccccc1OC(F)(F)F.I. The van der Waals surface area contributed by atoms with Crippen molar-refractivity contribution in [1.29, 1.82) is 0 Å². The van der Waals surface area contributed by atoms with Gasteiger partial charge in [0, 0.05) is 45.7 Å². The molecular weight excluding hydrogens is 524 g/mol. The van der Waals surface area contributed by atoms with Gasteiger partial charge in [-0.05, 0) is 11.6 Å². The lowest BCUT2D eigenvalue weighted by molar-refractivity contribution is -0.274. The third-order valence-electron chi connectivity index (χ3n) is 4.19. The average molecular weight is 550 g/mol. The minimum atomic E-state index is -4.76. The summed E-state index contributed by atoms with van der Waals surface area (Å²) in [5.41, 5.74) is 1.37. The van der Waals surface area contributed by atoms with Crippen LogP contribution in [0.1, 0.15) is 17.5 Å². The number of ether oxygens (including phenoxy) is 1. The van der Waals surface area contributed by atoms with Crippen LogP contribution in [0, 0.1) is 0 Å². The molecule has 0 heterocycles. The van der Waals surface area contributed by atoms with Crippen LogP contribution in [0.5, 0.6) is 5.75 Å². The van der Waals surface area contributed by atoms with Crippen LogP contribution in [0.2, 0.25) is 0 Å². The fourth-order valence-electron chi connectivity index (χ4n) is 2.70. The van der Waals surface area contributed by atoms with E-state index >= 15 is 0 Å². The standard InChI is InChI=1S/C21H25F3N4O2.HI/c1-25-20(27-14-17-10-6-7-11-18(17)30-21(22,23)24)26-13-12-19(29)28(2)15-16-8-4-3-5-9-16;/h3-11H,12-15H2,1-2H3,(H2,25,26,27);1H. The summed E-state index contributed by atoms with van der Waals surface area (Å²) in [6.07, 6.45) is -4.51. The molecule has 0 aliphatic rings. The highest BCUT2D eigenvalue weighted by Crippen LogP contribution is 2.26. The summed E-state index contributed by atoms with van der Waals surface area (Å²) in [6, 6.07) is 15.5. The quantitative estimate of drug-likeness (QED) is 0.297. The van der Waals surface area contributed by atoms with Crippen molar-refractivity contribution in [1.82, 2.24) is 15.5 Å². The fourth-order valence-corrected chi connectivity index (χ4v) is 2.70. The molecule has 0 unspecified atom stereocenters. The molecule has 2 rings (SSSR count). The number of para-hydroxylation sites is 1. The maximum atomic E-state index is 12.5. The Morgan fingerprint density at radius 1 is 1.06 bits per heavy atom. The molecule has 0 atom stereocenters. The summed E-state index contributed by atoms with van der Waals surface area (Å²) < 4.78 is 41.6. The normalized spacial score (nSPS) is 11.3. The molecule has 0 spiro atoms. The van der Waals surface area contributed by atoms with Gasteiger partial charge < -0.3 is 20.3 Å². The summed E-state index contributed by atoms with van der Waals surface area (Å²) in [5.74, 6) is 0.0618. The van der Waals surface area contributed by atoms with Crippen LogP contribution in [0.3, 0.4) is 0 Å². The minimum absolute atomic E-state index is 0. The van der Waals surface area contributed by atoms with Crippen molar-refractivity contribution < 1.29 is 22.7 Å². The number of rotatable bonds is 8. The third kappa shape index (κ3) is 9.90. The number of hydrogen-bond donors (Lipinski definition) is 2. The summed E-state index contributed by atoms with van der Waals surface area (Å²) in [6.45, 7) is 0.925. The number of carbonyl (C=O) groups excluding carboxylic acids is 1. The van der Waals surface area contributed by atoms with Crippen LogP contribution in [0.15, 0.2) is 59.6 Å². The average Bonchev–Trinajstić information content (AvgIpc) is 2.71. The number of nitrogens with zero attached hydrogens (tertiary/aromatic N) is 2. The van der Waals surface area contributed by atoms with Crippen LogP contribution in [0.25, 0.3) is 0 Å². The van der Waals surface area contributed by atoms with Gasteiger partial charge in [0.05, 0.1) is 0 Å². The highest BCUT2D eigenvalue weighted by Gasteiger charge is 2.31. The molecule has 10 heteroatoms. The molecule has 0 aromatic heterocycles. The van der Waals surface area contributed by atoms with Crippen molar-refractivity contribution in [2.45, 2.75) is 25.9 Å². The van der Waals surface area contributed by atoms with E-state index in [4.69, 9.17) is 0 Å². The highest BCUT2D eigenvalue weighted by molar-refractivity contribution is 14.0. The van der Waals surface area contributed by atoms with Gasteiger partial charge in [0.25, 0.3) is 0 Å². The zero-order valence-corrected chi connectivity index (χ0v) is 19.6. The van der Waals surface area contributed by atoms with E-state index < -0.39 is 6.36 Å². The Morgan fingerprint density at radius 2 is 1.71 bits per heavy atom. The van der Waals surface area contributed by atoms with Crippen molar-refractivity contribution in [3.8, 4) is 5.75 Å². The Labute approximate surface area is 196 Å². The lowest BCUT2D eigenvalue weighted by Crippen LogP contribution is -2.39. The van der Waals surface area contributed by atoms with Crippen LogP contribution in [-0.2, 0) is 17.9 Å². The van der Waals surface area contributed by atoms with E-state index in [2.05, 4.69) is 20.4 Å². The van der Waals surface area contributed by atoms with Gasteiger partial charge in [0.1, 0.15) is 5.75 Å². The van der Waals surface area contributed by atoms with Crippen LogP contribution >= 0.6 is 24.0 Å². The number of amides is 1. The van der Waals surface area contributed by atoms with Crippen molar-refractivity contribution in [2.24, 2.45) is 4.99 Å². The second kappa shape index (κ2) is 13.0. The largest absolute Gasteiger partial charge is 0.573 e. The molecule has 1 amide bonds. The molecule has 2 aromatic rings. The minimum Gasteiger partial charge on any atom is -0.405 e. The first-order valence-electron chi connectivity index (χ1n) is 9.34. The maximum Gasteiger partial charge on any atom is 0.573 e. The number of guanidine groups is 1. The molecule has 0 aliphatic carbocycles. The van der Waals surface area contributed by atoms with Gasteiger partial charge in [0.2, 0.25) is 5.91 Å². The van der Waals surface area contributed by atoms with E-state index in [1.165, 1.54) is 25.2 Å². The van der Waals surface area contributed by atoms with E-state index in [0.29, 0.717) is 24.6 Å². The smallest absolute Gasteiger partial charge is 0.405 e. The molecule has 2 N–H and O–H groups in total. The molecule has 0 radical (unpaired) electrons. The van der Waals surface area contributed by atoms with Crippen molar-refractivity contribution in [3.63, 3.8) is 0 Å². The molecule has 2 aromatic carbocycles. The lowest BCUT2D eigenvalue weighted by atomic mass is 10.2. The zero-order valence-electron chi connectivity index (χ0n) is 17.3.